The van der Waals surface area contributed by atoms with Gasteiger partial charge >= 0.3 is 0 Å². The number of aryl methyl sites for hydroxylation is 2. The number of anilines is 1. The molecule has 0 radical (unpaired) electrons. The Bertz CT molecular complexity index is 1460. The molecule has 0 bridgehead atoms. The highest BCUT2D eigenvalue weighted by atomic mass is 35.5. The molecular formula is C29H27ClN2O3S. The van der Waals surface area contributed by atoms with Gasteiger partial charge in [0.05, 0.1) is 16.6 Å². The van der Waals surface area contributed by atoms with Crippen molar-refractivity contribution in [2.24, 2.45) is 0 Å². The number of rotatable bonds is 8. The molecule has 5 nitrogen and oxygen atoms in total. The van der Waals surface area contributed by atoms with E-state index in [1.54, 1.807) is 12.1 Å². The normalized spacial score (nSPS) is 12.1. The van der Waals surface area contributed by atoms with E-state index in [1.165, 1.54) is 24.3 Å². The average molecular weight is 519 g/mol. The van der Waals surface area contributed by atoms with Crippen molar-refractivity contribution in [1.82, 2.24) is 5.32 Å². The first-order valence-corrected chi connectivity index (χ1v) is 13.3. The summed E-state index contributed by atoms with van der Waals surface area (Å²) in [5.41, 5.74) is 4.05. The Morgan fingerprint density at radius 2 is 1.39 bits per heavy atom. The van der Waals surface area contributed by atoms with Gasteiger partial charge in [0, 0.05) is 5.02 Å². The van der Waals surface area contributed by atoms with Crippen molar-refractivity contribution in [2.75, 3.05) is 10.8 Å². The van der Waals surface area contributed by atoms with Gasteiger partial charge in [-0.1, -0.05) is 84.4 Å². The molecule has 1 N–H and O–H groups in total. The molecule has 0 heterocycles. The molecular weight excluding hydrogens is 492 g/mol. The van der Waals surface area contributed by atoms with Gasteiger partial charge in [-0.3, -0.25) is 9.10 Å². The first-order chi connectivity index (χ1) is 17.3. The third-order valence-corrected chi connectivity index (χ3v) is 8.04. The second-order valence-electron chi connectivity index (χ2n) is 8.52. The first kappa shape index (κ1) is 25.5. The molecule has 1 atom stereocenters. The number of halogens is 1. The molecule has 36 heavy (non-hydrogen) atoms. The zero-order chi connectivity index (χ0) is 25.7. The molecule has 4 aromatic carbocycles. The predicted octanol–water partition coefficient (Wildman–Crippen LogP) is 6.06. The highest BCUT2D eigenvalue weighted by Gasteiger charge is 2.29. The van der Waals surface area contributed by atoms with Crippen LogP contribution in [0.1, 0.15) is 28.3 Å². The number of para-hydroxylation sites is 1. The van der Waals surface area contributed by atoms with Gasteiger partial charge in [0.15, 0.2) is 0 Å². The van der Waals surface area contributed by atoms with E-state index >= 15 is 0 Å². The van der Waals surface area contributed by atoms with Crippen molar-refractivity contribution < 1.29 is 13.2 Å². The Labute approximate surface area is 217 Å². The van der Waals surface area contributed by atoms with Crippen LogP contribution in [-0.2, 0) is 14.8 Å². The first-order valence-electron chi connectivity index (χ1n) is 11.5. The maximum Gasteiger partial charge on any atom is 0.264 e. The predicted molar refractivity (Wildman–Crippen MR) is 145 cm³/mol. The molecule has 7 heteroatoms. The lowest BCUT2D eigenvalue weighted by Crippen LogP contribution is -2.42. The summed E-state index contributed by atoms with van der Waals surface area (Å²) in [6.45, 7) is 3.42. The van der Waals surface area contributed by atoms with Gasteiger partial charge < -0.3 is 5.32 Å². The largest absolute Gasteiger partial charge is 0.344 e. The van der Waals surface area contributed by atoms with Gasteiger partial charge in [-0.25, -0.2) is 8.42 Å². The third-order valence-electron chi connectivity index (χ3n) is 6.01. The van der Waals surface area contributed by atoms with Crippen molar-refractivity contribution in [1.29, 1.82) is 0 Å². The fourth-order valence-electron chi connectivity index (χ4n) is 4.11. The van der Waals surface area contributed by atoms with Crippen molar-refractivity contribution in [3.63, 3.8) is 0 Å². The minimum absolute atomic E-state index is 0.0569. The fraction of sp³-hybridized carbons (Fsp3) is 0.138. The zero-order valence-electron chi connectivity index (χ0n) is 20.1. The number of hydrogen-bond acceptors (Lipinski definition) is 3. The molecule has 0 fully saturated rings. The number of carbonyl (C=O) groups is 1. The Kier molecular flexibility index (Phi) is 7.77. The molecule has 4 rings (SSSR count). The Hall–Kier alpha value is -3.61. The molecule has 1 amide bonds. The van der Waals surface area contributed by atoms with E-state index in [0.717, 1.165) is 26.6 Å². The standard InChI is InChI=1S/C29H27ClN2O3S/c1-21-10-6-8-14-26(21)29(23-12-4-3-5-13-23)31-28(33)20-32(27-15-9-7-11-22(27)2)36(34,35)25-18-16-24(30)17-19-25/h3-19,29H,20H2,1-2H3,(H,31,33). The van der Waals surface area contributed by atoms with Crippen molar-refractivity contribution in [2.45, 2.75) is 24.8 Å². The lowest BCUT2D eigenvalue weighted by molar-refractivity contribution is -0.120. The summed E-state index contributed by atoms with van der Waals surface area (Å²) in [7, 11) is -4.05. The van der Waals surface area contributed by atoms with Crippen LogP contribution in [0.25, 0.3) is 0 Å². The molecule has 184 valence electrons. The monoisotopic (exact) mass is 518 g/mol. The quantitative estimate of drug-likeness (QED) is 0.308. The van der Waals surface area contributed by atoms with Gasteiger partial charge in [0.2, 0.25) is 5.91 Å². The van der Waals surface area contributed by atoms with E-state index in [4.69, 9.17) is 11.6 Å². The zero-order valence-corrected chi connectivity index (χ0v) is 21.6. The molecule has 0 saturated carbocycles. The topological polar surface area (TPSA) is 66.5 Å². The smallest absolute Gasteiger partial charge is 0.264 e. The van der Waals surface area contributed by atoms with E-state index in [-0.39, 0.29) is 11.4 Å². The minimum atomic E-state index is -4.05. The van der Waals surface area contributed by atoms with Gasteiger partial charge in [-0.05, 0) is 66.4 Å². The average Bonchev–Trinajstić information content (AvgIpc) is 2.88. The fourth-order valence-corrected chi connectivity index (χ4v) is 5.72. The molecule has 0 aliphatic carbocycles. The van der Waals surface area contributed by atoms with Gasteiger partial charge in [0.1, 0.15) is 6.54 Å². The lowest BCUT2D eigenvalue weighted by atomic mass is 9.95. The van der Waals surface area contributed by atoms with E-state index in [9.17, 15) is 13.2 Å². The van der Waals surface area contributed by atoms with Gasteiger partial charge in [-0.15, -0.1) is 0 Å². The van der Waals surface area contributed by atoms with Gasteiger partial charge in [-0.2, -0.15) is 0 Å². The van der Waals surface area contributed by atoms with Crippen LogP contribution in [0.15, 0.2) is 108 Å². The summed E-state index contributed by atoms with van der Waals surface area (Å²) in [5, 5.41) is 3.51. The third kappa shape index (κ3) is 5.61. The summed E-state index contributed by atoms with van der Waals surface area (Å²) in [6, 6.07) is 30.1. The summed E-state index contributed by atoms with van der Waals surface area (Å²) >= 11 is 5.98. The Morgan fingerprint density at radius 1 is 0.806 bits per heavy atom. The van der Waals surface area contributed by atoms with Crippen molar-refractivity contribution in [3.8, 4) is 0 Å². The highest BCUT2D eigenvalue weighted by molar-refractivity contribution is 7.92. The van der Waals surface area contributed by atoms with Crippen LogP contribution in [-0.4, -0.2) is 20.9 Å². The molecule has 0 aromatic heterocycles. The summed E-state index contributed by atoms with van der Waals surface area (Å²) in [5.74, 6) is -0.423. The Morgan fingerprint density at radius 3 is 2.03 bits per heavy atom. The molecule has 0 aliphatic heterocycles. The van der Waals surface area contributed by atoms with E-state index in [1.807, 2.05) is 80.6 Å². The maximum atomic E-state index is 13.7. The van der Waals surface area contributed by atoms with Crippen LogP contribution in [0.4, 0.5) is 5.69 Å². The molecule has 1 unspecified atom stereocenters. The number of carbonyl (C=O) groups excluding carboxylic acids is 1. The SMILES string of the molecule is Cc1ccccc1C(NC(=O)CN(c1ccccc1C)S(=O)(=O)c1ccc(Cl)cc1)c1ccccc1. The number of nitrogens with one attached hydrogen (secondary N) is 1. The number of benzene rings is 4. The molecule has 0 saturated heterocycles. The van der Waals surface area contributed by atoms with E-state index in [0.29, 0.717) is 10.7 Å². The summed E-state index contributed by atoms with van der Waals surface area (Å²) < 4.78 is 28.6. The molecule has 0 spiro atoms. The minimum Gasteiger partial charge on any atom is -0.344 e. The number of nitrogens with zero attached hydrogens (tertiary/aromatic N) is 1. The van der Waals surface area contributed by atoms with E-state index in [2.05, 4.69) is 5.32 Å². The second kappa shape index (κ2) is 11.0. The van der Waals surface area contributed by atoms with Crippen LogP contribution in [0.3, 0.4) is 0 Å². The van der Waals surface area contributed by atoms with Crippen LogP contribution in [0, 0.1) is 13.8 Å². The number of hydrogen-bond donors (Lipinski definition) is 1. The van der Waals surface area contributed by atoms with Crippen LogP contribution >= 0.6 is 11.6 Å². The summed E-state index contributed by atoms with van der Waals surface area (Å²) in [4.78, 5) is 13.6. The Balaban J connectivity index is 1.71. The molecule has 0 aliphatic rings. The van der Waals surface area contributed by atoms with Crippen molar-refractivity contribution in [3.05, 3.63) is 130 Å². The number of amides is 1. The molecule has 4 aromatic rings. The lowest BCUT2D eigenvalue weighted by Gasteiger charge is -2.27. The van der Waals surface area contributed by atoms with Gasteiger partial charge in [0.25, 0.3) is 10.0 Å². The van der Waals surface area contributed by atoms with Crippen LogP contribution in [0.5, 0.6) is 0 Å². The van der Waals surface area contributed by atoms with Crippen molar-refractivity contribution >= 4 is 33.2 Å². The summed E-state index contributed by atoms with van der Waals surface area (Å²) in [6.07, 6.45) is 0. The maximum absolute atomic E-state index is 13.7. The van der Waals surface area contributed by atoms with Crippen LogP contribution in [0.2, 0.25) is 5.02 Å². The van der Waals surface area contributed by atoms with Crippen LogP contribution < -0.4 is 9.62 Å². The number of sulfonamides is 1. The van der Waals surface area contributed by atoms with E-state index < -0.39 is 22.0 Å². The second-order valence-corrected chi connectivity index (χ2v) is 10.8. The highest BCUT2D eigenvalue weighted by Crippen LogP contribution is 2.29.